The molecule has 0 bridgehead atoms. The van der Waals surface area contributed by atoms with E-state index >= 15 is 0 Å². The molecule has 2 nitrogen and oxygen atoms in total. The van der Waals surface area contributed by atoms with E-state index < -0.39 is 11.7 Å². The van der Waals surface area contributed by atoms with Crippen LogP contribution >= 0.6 is 12.4 Å². The van der Waals surface area contributed by atoms with E-state index in [1.165, 1.54) is 0 Å². The zero-order valence-corrected chi connectivity index (χ0v) is 12.0. The van der Waals surface area contributed by atoms with Gasteiger partial charge in [-0.25, -0.2) is 0 Å². The normalized spacial score (nSPS) is 17.8. The summed E-state index contributed by atoms with van der Waals surface area (Å²) in [7, 11) is 0. The average molecular weight is 309 g/mol. The monoisotopic (exact) mass is 308 g/mol. The fourth-order valence-electron chi connectivity index (χ4n) is 2.44. The number of likely N-dealkylation sites (tertiary alicyclic amines) is 1. The largest absolute Gasteiger partial charge is 0.416 e. The molecule has 114 valence electrons. The Kier molecular flexibility index (Phi) is 6.30. The third-order valence-corrected chi connectivity index (χ3v) is 3.73. The molecule has 1 aliphatic heterocycles. The fraction of sp³-hybridized carbons (Fsp3) is 0.571. The van der Waals surface area contributed by atoms with Crippen molar-refractivity contribution >= 4 is 12.4 Å². The molecule has 6 heteroatoms. The predicted molar refractivity (Wildman–Crippen MR) is 75.7 cm³/mol. The van der Waals surface area contributed by atoms with Crippen molar-refractivity contribution in [1.29, 1.82) is 0 Å². The van der Waals surface area contributed by atoms with Gasteiger partial charge in [-0.3, -0.25) is 4.90 Å². The minimum Gasteiger partial charge on any atom is -0.330 e. The van der Waals surface area contributed by atoms with Crippen molar-refractivity contribution in [3.8, 4) is 0 Å². The first-order chi connectivity index (χ1) is 8.99. The number of nitrogens with zero attached hydrogens (tertiary/aromatic N) is 1. The highest BCUT2D eigenvalue weighted by molar-refractivity contribution is 5.85. The summed E-state index contributed by atoms with van der Waals surface area (Å²) in [5.74, 6) is 0.601. The van der Waals surface area contributed by atoms with Crippen molar-refractivity contribution in [2.75, 3.05) is 19.6 Å². The molecule has 0 saturated carbocycles. The van der Waals surface area contributed by atoms with E-state index in [9.17, 15) is 13.2 Å². The molecule has 1 aromatic carbocycles. The Bertz CT molecular complexity index is 398. The summed E-state index contributed by atoms with van der Waals surface area (Å²) >= 11 is 0. The quantitative estimate of drug-likeness (QED) is 0.928. The van der Waals surface area contributed by atoms with Crippen molar-refractivity contribution in [3.63, 3.8) is 0 Å². The molecule has 0 aliphatic carbocycles. The Balaban J connectivity index is 0.00000200. The lowest BCUT2D eigenvalue weighted by Crippen LogP contribution is -2.35. The van der Waals surface area contributed by atoms with Crippen molar-refractivity contribution in [2.45, 2.75) is 25.6 Å². The molecule has 0 spiro atoms. The van der Waals surface area contributed by atoms with Gasteiger partial charge in [0.05, 0.1) is 5.56 Å². The summed E-state index contributed by atoms with van der Waals surface area (Å²) in [5.41, 5.74) is 5.98. The Morgan fingerprint density at radius 2 is 1.65 bits per heavy atom. The van der Waals surface area contributed by atoms with Gasteiger partial charge < -0.3 is 5.73 Å². The van der Waals surface area contributed by atoms with Gasteiger partial charge in [0.1, 0.15) is 0 Å². The van der Waals surface area contributed by atoms with E-state index in [2.05, 4.69) is 4.90 Å². The topological polar surface area (TPSA) is 29.3 Å². The van der Waals surface area contributed by atoms with Crippen LogP contribution in [0, 0.1) is 5.92 Å². The molecular weight excluding hydrogens is 289 g/mol. The molecule has 2 rings (SSSR count). The summed E-state index contributed by atoms with van der Waals surface area (Å²) < 4.78 is 37.3. The van der Waals surface area contributed by atoms with Crippen molar-refractivity contribution in [3.05, 3.63) is 35.4 Å². The number of nitrogens with two attached hydrogens (primary N) is 1. The highest BCUT2D eigenvalue weighted by Gasteiger charge is 2.30. The maximum Gasteiger partial charge on any atom is 0.416 e. The average Bonchev–Trinajstić information content (AvgIpc) is 2.39. The lowest BCUT2D eigenvalue weighted by molar-refractivity contribution is -0.137. The number of piperidine rings is 1. The highest BCUT2D eigenvalue weighted by Crippen LogP contribution is 2.29. The van der Waals surface area contributed by atoms with Crippen LogP contribution in [0.25, 0.3) is 0 Å². The Morgan fingerprint density at radius 1 is 1.10 bits per heavy atom. The summed E-state index contributed by atoms with van der Waals surface area (Å²) in [4.78, 5) is 2.27. The van der Waals surface area contributed by atoms with E-state index in [0.717, 1.165) is 56.7 Å². The number of hydrogen-bond donors (Lipinski definition) is 1. The molecule has 20 heavy (non-hydrogen) atoms. The van der Waals surface area contributed by atoms with Gasteiger partial charge in [0, 0.05) is 6.54 Å². The second-order valence-electron chi connectivity index (χ2n) is 5.15. The van der Waals surface area contributed by atoms with Crippen LogP contribution in [0.4, 0.5) is 13.2 Å². The Morgan fingerprint density at radius 3 is 2.10 bits per heavy atom. The molecule has 0 radical (unpaired) electrons. The number of alkyl halides is 3. The molecule has 2 N–H and O–H groups in total. The third-order valence-electron chi connectivity index (χ3n) is 3.73. The lowest BCUT2D eigenvalue weighted by atomic mass is 9.97. The van der Waals surface area contributed by atoms with Crippen LogP contribution in [-0.4, -0.2) is 24.5 Å². The summed E-state index contributed by atoms with van der Waals surface area (Å²) in [5, 5.41) is 0. The standard InChI is InChI=1S/C14H19F3N2.ClH/c15-14(16,17)13-3-1-12(2-4-13)10-19-7-5-11(9-18)6-8-19;/h1-4,11H,5-10,18H2;1H. The van der Waals surface area contributed by atoms with Crippen molar-refractivity contribution < 1.29 is 13.2 Å². The molecule has 1 aliphatic rings. The van der Waals surface area contributed by atoms with Crippen LogP contribution in [0.5, 0.6) is 0 Å². The van der Waals surface area contributed by atoms with Crippen LogP contribution in [0.3, 0.4) is 0 Å². The smallest absolute Gasteiger partial charge is 0.330 e. The molecule has 0 unspecified atom stereocenters. The first-order valence-corrected chi connectivity index (χ1v) is 6.57. The minimum atomic E-state index is -4.25. The maximum absolute atomic E-state index is 12.4. The van der Waals surface area contributed by atoms with Gasteiger partial charge in [-0.1, -0.05) is 12.1 Å². The van der Waals surface area contributed by atoms with Gasteiger partial charge >= 0.3 is 6.18 Å². The van der Waals surface area contributed by atoms with Crippen molar-refractivity contribution in [1.82, 2.24) is 4.90 Å². The second-order valence-corrected chi connectivity index (χ2v) is 5.15. The van der Waals surface area contributed by atoms with Crippen LogP contribution in [0.1, 0.15) is 24.0 Å². The number of hydrogen-bond acceptors (Lipinski definition) is 2. The zero-order valence-electron chi connectivity index (χ0n) is 11.2. The summed E-state index contributed by atoms with van der Waals surface area (Å²) in [6.45, 7) is 3.40. The lowest BCUT2D eigenvalue weighted by Gasteiger charge is -2.31. The van der Waals surface area contributed by atoms with Gasteiger partial charge in [0.2, 0.25) is 0 Å². The summed E-state index contributed by atoms with van der Waals surface area (Å²) in [6, 6.07) is 5.44. The number of halogens is 4. The molecular formula is C14H20ClF3N2. The zero-order chi connectivity index (χ0) is 13.9. The molecule has 0 aromatic heterocycles. The molecule has 1 aromatic rings. The first-order valence-electron chi connectivity index (χ1n) is 6.57. The SMILES string of the molecule is Cl.NCC1CCN(Cc2ccc(C(F)(F)F)cc2)CC1. The second kappa shape index (κ2) is 7.29. The fourth-order valence-corrected chi connectivity index (χ4v) is 2.44. The minimum absolute atomic E-state index is 0. The third kappa shape index (κ3) is 4.65. The van der Waals surface area contributed by atoms with E-state index in [-0.39, 0.29) is 12.4 Å². The molecule has 0 atom stereocenters. The van der Waals surface area contributed by atoms with E-state index in [0.29, 0.717) is 5.92 Å². The van der Waals surface area contributed by atoms with Gasteiger partial charge in [0.15, 0.2) is 0 Å². The Labute approximate surface area is 123 Å². The van der Waals surface area contributed by atoms with Crippen LogP contribution < -0.4 is 5.73 Å². The van der Waals surface area contributed by atoms with Crippen LogP contribution in [0.2, 0.25) is 0 Å². The first kappa shape index (κ1) is 17.3. The number of rotatable bonds is 3. The van der Waals surface area contributed by atoms with Gasteiger partial charge in [-0.2, -0.15) is 13.2 Å². The van der Waals surface area contributed by atoms with Gasteiger partial charge in [-0.05, 0) is 56.1 Å². The van der Waals surface area contributed by atoms with Gasteiger partial charge in [-0.15, -0.1) is 12.4 Å². The molecule has 1 fully saturated rings. The van der Waals surface area contributed by atoms with E-state index in [4.69, 9.17) is 5.73 Å². The summed E-state index contributed by atoms with van der Waals surface area (Å²) in [6.07, 6.45) is -2.09. The molecule has 1 heterocycles. The van der Waals surface area contributed by atoms with Crippen molar-refractivity contribution in [2.24, 2.45) is 11.7 Å². The highest BCUT2D eigenvalue weighted by atomic mass is 35.5. The molecule has 1 saturated heterocycles. The number of benzene rings is 1. The maximum atomic E-state index is 12.4. The van der Waals surface area contributed by atoms with E-state index in [1.54, 1.807) is 12.1 Å². The predicted octanol–water partition coefficient (Wildman–Crippen LogP) is 3.30. The van der Waals surface area contributed by atoms with E-state index in [1.807, 2.05) is 0 Å². The van der Waals surface area contributed by atoms with Crippen LogP contribution in [-0.2, 0) is 12.7 Å². The Hall–Kier alpha value is -0.780. The van der Waals surface area contributed by atoms with Crippen LogP contribution in [0.15, 0.2) is 24.3 Å². The van der Waals surface area contributed by atoms with Gasteiger partial charge in [0.25, 0.3) is 0 Å². The molecule has 0 amide bonds.